The molecule has 1 aliphatic carbocycles. The van der Waals surface area contributed by atoms with Crippen molar-refractivity contribution in [1.29, 1.82) is 0 Å². The maximum Gasteiger partial charge on any atom is 0.133 e. The van der Waals surface area contributed by atoms with E-state index in [0.717, 1.165) is 24.8 Å². The Morgan fingerprint density at radius 2 is 2.12 bits per heavy atom. The van der Waals surface area contributed by atoms with Crippen molar-refractivity contribution in [3.63, 3.8) is 0 Å². The van der Waals surface area contributed by atoms with Crippen LogP contribution in [0.15, 0.2) is 29.9 Å². The number of rotatable bonds is 5. The minimum atomic E-state index is 0.737. The van der Waals surface area contributed by atoms with Crippen LogP contribution in [0.25, 0.3) is 0 Å². The lowest BCUT2D eigenvalue weighted by Gasteiger charge is -2.03. The third-order valence-electron chi connectivity index (χ3n) is 2.84. The molecule has 1 saturated carbocycles. The normalized spacial score (nSPS) is 15.1. The first-order chi connectivity index (χ1) is 8.40. The van der Waals surface area contributed by atoms with Gasteiger partial charge in [0.15, 0.2) is 0 Å². The van der Waals surface area contributed by atoms with Gasteiger partial charge in [0.2, 0.25) is 0 Å². The number of thiophene rings is 1. The average molecular weight is 245 g/mol. The highest BCUT2D eigenvalue weighted by Crippen LogP contribution is 2.19. The first-order valence-electron chi connectivity index (χ1n) is 5.96. The van der Waals surface area contributed by atoms with E-state index in [4.69, 9.17) is 0 Å². The molecule has 0 radical (unpaired) electrons. The predicted molar refractivity (Wildman–Crippen MR) is 69.0 cm³/mol. The van der Waals surface area contributed by atoms with Gasteiger partial charge in [0.25, 0.3) is 0 Å². The van der Waals surface area contributed by atoms with E-state index in [1.807, 2.05) is 12.4 Å². The number of nitrogens with zero attached hydrogens (tertiary/aromatic N) is 2. The summed E-state index contributed by atoms with van der Waals surface area (Å²) in [5.41, 5.74) is 1.17. The van der Waals surface area contributed by atoms with Gasteiger partial charge in [0.1, 0.15) is 5.82 Å². The van der Waals surface area contributed by atoms with Crippen LogP contribution in [0, 0.1) is 0 Å². The lowest BCUT2D eigenvalue weighted by Crippen LogP contribution is -2.15. The third kappa shape index (κ3) is 3.11. The molecule has 88 valence electrons. The van der Waals surface area contributed by atoms with Crippen LogP contribution in [0.1, 0.15) is 29.1 Å². The van der Waals surface area contributed by atoms with E-state index in [1.54, 1.807) is 11.3 Å². The monoisotopic (exact) mass is 245 g/mol. The Hall–Kier alpha value is -1.26. The standard InChI is InChI=1S/C13H15N3S/c1-2-12(17-5-1)6-13-15-8-10(9-16-13)7-14-11-3-4-11/h1-2,5,8-9,11,14H,3-4,6-7H2. The third-order valence-corrected chi connectivity index (χ3v) is 3.72. The zero-order valence-corrected chi connectivity index (χ0v) is 10.4. The van der Waals surface area contributed by atoms with Gasteiger partial charge in [0, 0.05) is 41.8 Å². The van der Waals surface area contributed by atoms with Gasteiger partial charge in [-0.15, -0.1) is 11.3 Å². The molecule has 3 rings (SSSR count). The molecule has 2 aromatic rings. The molecule has 0 saturated heterocycles. The highest BCUT2D eigenvalue weighted by atomic mass is 32.1. The fourth-order valence-corrected chi connectivity index (χ4v) is 2.38. The van der Waals surface area contributed by atoms with E-state index in [9.17, 15) is 0 Å². The van der Waals surface area contributed by atoms with Crippen LogP contribution in [-0.4, -0.2) is 16.0 Å². The Bertz CT molecular complexity index is 460. The molecule has 1 aliphatic rings. The van der Waals surface area contributed by atoms with E-state index >= 15 is 0 Å². The van der Waals surface area contributed by atoms with Gasteiger partial charge in [-0.3, -0.25) is 0 Å². The Kier molecular flexibility index (Phi) is 3.16. The Labute approximate surface area is 105 Å². The molecule has 0 bridgehead atoms. The van der Waals surface area contributed by atoms with E-state index < -0.39 is 0 Å². The van der Waals surface area contributed by atoms with E-state index in [-0.39, 0.29) is 0 Å². The van der Waals surface area contributed by atoms with Crippen molar-refractivity contribution in [3.05, 3.63) is 46.2 Å². The second-order valence-electron chi connectivity index (χ2n) is 4.42. The molecule has 0 unspecified atom stereocenters. The SMILES string of the molecule is c1csc(Cc2ncc(CNC3CC3)cn2)c1. The number of nitrogens with one attached hydrogen (secondary N) is 1. The van der Waals surface area contributed by atoms with E-state index in [1.165, 1.54) is 23.3 Å². The van der Waals surface area contributed by atoms with Crippen LogP contribution >= 0.6 is 11.3 Å². The summed E-state index contributed by atoms with van der Waals surface area (Å²) in [6, 6.07) is 4.92. The van der Waals surface area contributed by atoms with Gasteiger partial charge in [-0.05, 0) is 24.3 Å². The summed E-state index contributed by atoms with van der Waals surface area (Å²) in [7, 11) is 0. The predicted octanol–water partition coefficient (Wildman–Crippen LogP) is 2.38. The lowest BCUT2D eigenvalue weighted by atomic mass is 10.3. The maximum absolute atomic E-state index is 4.41. The van der Waals surface area contributed by atoms with Crippen LogP contribution in [0.4, 0.5) is 0 Å². The fraction of sp³-hybridized carbons (Fsp3) is 0.385. The molecular weight excluding hydrogens is 230 g/mol. The number of hydrogen-bond acceptors (Lipinski definition) is 4. The first kappa shape index (κ1) is 10.9. The maximum atomic E-state index is 4.41. The van der Waals surface area contributed by atoms with Crippen molar-refractivity contribution in [2.24, 2.45) is 0 Å². The topological polar surface area (TPSA) is 37.8 Å². The smallest absolute Gasteiger partial charge is 0.133 e. The zero-order chi connectivity index (χ0) is 11.5. The van der Waals surface area contributed by atoms with Crippen molar-refractivity contribution in [3.8, 4) is 0 Å². The second-order valence-corrected chi connectivity index (χ2v) is 5.45. The number of hydrogen-bond donors (Lipinski definition) is 1. The van der Waals surface area contributed by atoms with Crippen molar-refractivity contribution >= 4 is 11.3 Å². The minimum Gasteiger partial charge on any atom is -0.310 e. The molecule has 0 amide bonds. The first-order valence-corrected chi connectivity index (χ1v) is 6.84. The molecule has 1 N–H and O–H groups in total. The Morgan fingerprint density at radius 3 is 2.76 bits per heavy atom. The molecule has 17 heavy (non-hydrogen) atoms. The molecule has 4 heteroatoms. The van der Waals surface area contributed by atoms with Crippen molar-refractivity contribution in [1.82, 2.24) is 15.3 Å². The summed E-state index contributed by atoms with van der Waals surface area (Å²) in [5, 5.41) is 5.55. The highest BCUT2D eigenvalue weighted by molar-refractivity contribution is 7.09. The summed E-state index contributed by atoms with van der Waals surface area (Å²) >= 11 is 1.75. The molecule has 0 aliphatic heterocycles. The van der Waals surface area contributed by atoms with Crippen LogP contribution in [0.2, 0.25) is 0 Å². The molecule has 3 nitrogen and oxygen atoms in total. The van der Waals surface area contributed by atoms with Crippen molar-refractivity contribution < 1.29 is 0 Å². The summed E-state index contributed by atoms with van der Waals surface area (Å²) in [5.74, 6) is 0.905. The summed E-state index contributed by atoms with van der Waals surface area (Å²) in [6.45, 7) is 0.893. The van der Waals surface area contributed by atoms with Gasteiger partial charge < -0.3 is 5.32 Å². The van der Waals surface area contributed by atoms with Crippen LogP contribution in [0.3, 0.4) is 0 Å². The molecule has 1 fully saturated rings. The molecule has 0 aromatic carbocycles. The van der Waals surface area contributed by atoms with E-state index in [0.29, 0.717) is 0 Å². The number of aromatic nitrogens is 2. The fourth-order valence-electron chi connectivity index (χ4n) is 1.68. The van der Waals surface area contributed by atoms with Crippen molar-refractivity contribution in [2.75, 3.05) is 0 Å². The Morgan fingerprint density at radius 1 is 1.29 bits per heavy atom. The van der Waals surface area contributed by atoms with Gasteiger partial charge in [-0.25, -0.2) is 9.97 Å². The molecule has 0 atom stereocenters. The molecular formula is C13H15N3S. The van der Waals surface area contributed by atoms with Crippen LogP contribution < -0.4 is 5.32 Å². The summed E-state index contributed by atoms with van der Waals surface area (Å²) < 4.78 is 0. The second kappa shape index (κ2) is 4.94. The van der Waals surface area contributed by atoms with Gasteiger partial charge in [0.05, 0.1) is 0 Å². The van der Waals surface area contributed by atoms with E-state index in [2.05, 4.69) is 32.8 Å². The highest BCUT2D eigenvalue weighted by Gasteiger charge is 2.19. The Balaban J connectivity index is 1.58. The van der Waals surface area contributed by atoms with Crippen molar-refractivity contribution in [2.45, 2.75) is 31.8 Å². The van der Waals surface area contributed by atoms with Gasteiger partial charge in [-0.2, -0.15) is 0 Å². The minimum absolute atomic E-state index is 0.737. The molecule has 2 aromatic heterocycles. The molecule has 2 heterocycles. The van der Waals surface area contributed by atoms with Crippen LogP contribution in [-0.2, 0) is 13.0 Å². The summed E-state index contributed by atoms with van der Waals surface area (Å²) in [4.78, 5) is 10.1. The largest absolute Gasteiger partial charge is 0.310 e. The van der Waals surface area contributed by atoms with Gasteiger partial charge in [-0.1, -0.05) is 6.07 Å². The zero-order valence-electron chi connectivity index (χ0n) is 9.60. The molecule has 0 spiro atoms. The quantitative estimate of drug-likeness (QED) is 0.879. The van der Waals surface area contributed by atoms with Gasteiger partial charge >= 0.3 is 0 Å². The average Bonchev–Trinajstić information content (AvgIpc) is 3.05. The lowest BCUT2D eigenvalue weighted by molar-refractivity contribution is 0.682. The van der Waals surface area contributed by atoms with Crippen LogP contribution in [0.5, 0.6) is 0 Å². The summed E-state index contributed by atoms with van der Waals surface area (Å²) in [6.07, 6.45) is 7.35.